The zero-order chi connectivity index (χ0) is 21.1. The molecule has 6 nitrogen and oxygen atoms in total. The van der Waals surface area contributed by atoms with Gasteiger partial charge in [0.15, 0.2) is 0 Å². The van der Waals surface area contributed by atoms with Crippen LogP contribution in [0, 0.1) is 13.8 Å². The largest absolute Gasteiger partial charge is 0.334 e. The van der Waals surface area contributed by atoms with E-state index in [1.807, 2.05) is 68.4 Å². The molecule has 4 rings (SSSR count). The van der Waals surface area contributed by atoms with Crippen molar-refractivity contribution in [2.75, 3.05) is 5.32 Å². The molecule has 0 saturated carbocycles. The molecule has 0 aliphatic carbocycles. The number of aryl methyl sites for hydroxylation is 1. The Hall–Kier alpha value is -3.03. The van der Waals surface area contributed by atoms with Gasteiger partial charge in [-0.3, -0.25) is 9.47 Å². The highest BCUT2D eigenvalue weighted by Crippen LogP contribution is 2.25. The zero-order valence-electron chi connectivity index (χ0n) is 16.5. The number of benzene rings is 2. The minimum atomic E-state index is -0.288. The molecule has 4 aromatic rings. The van der Waals surface area contributed by atoms with Crippen LogP contribution < -0.4 is 10.9 Å². The van der Waals surface area contributed by atoms with E-state index in [1.54, 1.807) is 17.1 Å². The van der Waals surface area contributed by atoms with Crippen molar-refractivity contribution < 1.29 is 0 Å². The zero-order valence-corrected chi connectivity index (χ0v) is 18.1. The number of nitrogens with one attached hydrogen (secondary N) is 1. The lowest BCUT2D eigenvalue weighted by Gasteiger charge is -2.15. The smallest absolute Gasteiger partial charge is 0.316 e. The number of aromatic nitrogens is 4. The third-order valence-corrected chi connectivity index (χ3v) is 6.14. The second-order valence-corrected chi connectivity index (χ2v) is 8.11. The SMILES string of the molecule is Cc1cccc(Nc2nnc(SCc3ccccc3Cl)n(-n3cccc3)c2=O)c1C. The van der Waals surface area contributed by atoms with Gasteiger partial charge in [0.2, 0.25) is 11.0 Å². The summed E-state index contributed by atoms with van der Waals surface area (Å²) in [7, 11) is 0. The molecule has 2 aromatic heterocycles. The minimum Gasteiger partial charge on any atom is -0.334 e. The number of halogens is 1. The van der Waals surface area contributed by atoms with Crippen LogP contribution in [-0.4, -0.2) is 19.5 Å². The van der Waals surface area contributed by atoms with Crippen LogP contribution in [0.2, 0.25) is 5.02 Å². The van der Waals surface area contributed by atoms with E-state index in [4.69, 9.17) is 11.6 Å². The highest BCUT2D eigenvalue weighted by Gasteiger charge is 2.16. The van der Waals surface area contributed by atoms with Crippen LogP contribution >= 0.6 is 23.4 Å². The lowest BCUT2D eigenvalue weighted by molar-refractivity contribution is 0.533. The van der Waals surface area contributed by atoms with Gasteiger partial charge in [0.25, 0.3) is 0 Å². The van der Waals surface area contributed by atoms with Crippen molar-refractivity contribution in [3.05, 3.63) is 99.1 Å². The van der Waals surface area contributed by atoms with E-state index in [1.165, 1.54) is 16.4 Å². The summed E-state index contributed by atoms with van der Waals surface area (Å²) in [6.07, 6.45) is 3.59. The van der Waals surface area contributed by atoms with E-state index in [-0.39, 0.29) is 11.4 Å². The fraction of sp³-hybridized carbons (Fsp3) is 0.136. The maximum absolute atomic E-state index is 13.3. The van der Waals surface area contributed by atoms with Gasteiger partial charge < -0.3 is 5.32 Å². The lowest BCUT2D eigenvalue weighted by Crippen LogP contribution is -2.30. The molecule has 0 unspecified atom stereocenters. The molecule has 1 N–H and O–H groups in total. The third-order valence-electron chi connectivity index (χ3n) is 4.80. The first-order valence-corrected chi connectivity index (χ1v) is 10.7. The van der Waals surface area contributed by atoms with Gasteiger partial charge >= 0.3 is 5.56 Å². The molecule has 8 heteroatoms. The van der Waals surface area contributed by atoms with Crippen LogP contribution in [0.1, 0.15) is 16.7 Å². The van der Waals surface area contributed by atoms with Crippen molar-refractivity contribution in [3.63, 3.8) is 0 Å². The number of anilines is 2. The van der Waals surface area contributed by atoms with Crippen molar-refractivity contribution in [2.45, 2.75) is 24.8 Å². The first kappa shape index (κ1) is 20.3. The maximum Gasteiger partial charge on any atom is 0.316 e. The van der Waals surface area contributed by atoms with Crippen molar-refractivity contribution in [2.24, 2.45) is 0 Å². The van der Waals surface area contributed by atoms with Gasteiger partial charge in [-0.05, 0) is 54.8 Å². The van der Waals surface area contributed by atoms with E-state index >= 15 is 0 Å². The molecule has 0 aliphatic heterocycles. The van der Waals surface area contributed by atoms with Crippen molar-refractivity contribution in [1.82, 2.24) is 19.5 Å². The molecule has 0 atom stereocenters. The summed E-state index contributed by atoms with van der Waals surface area (Å²) >= 11 is 7.67. The normalized spacial score (nSPS) is 10.9. The van der Waals surface area contributed by atoms with E-state index in [0.29, 0.717) is 15.9 Å². The molecule has 0 aliphatic rings. The number of nitrogens with zero attached hydrogens (tertiary/aromatic N) is 4. The molecule has 0 spiro atoms. The van der Waals surface area contributed by atoms with E-state index < -0.39 is 0 Å². The Bertz CT molecular complexity index is 1240. The molecule has 30 heavy (non-hydrogen) atoms. The molecule has 152 valence electrons. The maximum atomic E-state index is 13.3. The molecule has 2 aromatic carbocycles. The topological polar surface area (TPSA) is 64.7 Å². The molecule has 0 saturated heterocycles. The Kier molecular flexibility index (Phi) is 5.92. The van der Waals surface area contributed by atoms with Gasteiger partial charge in [0.05, 0.1) is 0 Å². The van der Waals surface area contributed by atoms with Crippen LogP contribution in [0.3, 0.4) is 0 Å². The molecule has 0 fully saturated rings. The fourth-order valence-corrected chi connectivity index (χ4v) is 4.18. The number of rotatable bonds is 6. The molecular formula is C22H20ClN5OS. The molecule has 0 bridgehead atoms. The average Bonchev–Trinajstić information content (AvgIpc) is 3.27. The molecule has 0 amide bonds. The van der Waals surface area contributed by atoms with Crippen LogP contribution in [-0.2, 0) is 5.75 Å². The monoisotopic (exact) mass is 437 g/mol. The second kappa shape index (κ2) is 8.77. The Morgan fingerprint density at radius 3 is 2.53 bits per heavy atom. The summed E-state index contributed by atoms with van der Waals surface area (Å²) in [5.41, 5.74) is 3.70. The summed E-state index contributed by atoms with van der Waals surface area (Å²) in [6, 6.07) is 17.2. The minimum absolute atomic E-state index is 0.166. The van der Waals surface area contributed by atoms with Gasteiger partial charge in [-0.1, -0.05) is 53.7 Å². The third kappa shape index (κ3) is 4.13. The summed E-state index contributed by atoms with van der Waals surface area (Å²) in [5.74, 6) is 0.734. The van der Waals surface area contributed by atoms with E-state index in [2.05, 4.69) is 15.5 Å². The summed E-state index contributed by atoms with van der Waals surface area (Å²) in [6.45, 7) is 4.03. The number of thioether (sulfide) groups is 1. The number of hydrogen-bond acceptors (Lipinski definition) is 5. The van der Waals surface area contributed by atoms with Gasteiger partial charge in [0.1, 0.15) is 0 Å². The van der Waals surface area contributed by atoms with Gasteiger partial charge in [-0.25, -0.2) is 0 Å². The first-order chi connectivity index (χ1) is 14.5. The van der Waals surface area contributed by atoms with Crippen molar-refractivity contribution >= 4 is 34.9 Å². The predicted molar refractivity (Wildman–Crippen MR) is 122 cm³/mol. The van der Waals surface area contributed by atoms with Crippen molar-refractivity contribution in [1.29, 1.82) is 0 Å². The number of hydrogen-bond donors (Lipinski definition) is 1. The Morgan fingerprint density at radius 1 is 1.00 bits per heavy atom. The average molecular weight is 438 g/mol. The van der Waals surface area contributed by atoms with Crippen LogP contribution in [0.5, 0.6) is 0 Å². The van der Waals surface area contributed by atoms with Crippen molar-refractivity contribution in [3.8, 4) is 0 Å². The second-order valence-electron chi connectivity index (χ2n) is 6.76. The van der Waals surface area contributed by atoms with Gasteiger partial charge in [-0.2, -0.15) is 4.68 Å². The van der Waals surface area contributed by atoms with Gasteiger partial charge in [-0.15, -0.1) is 10.2 Å². The highest BCUT2D eigenvalue weighted by atomic mass is 35.5. The fourth-order valence-electron chi connectivity index (χ4n) is 2.97. The Morgan fingerprint density at radius 2 is 1.77 bits per heavy atom. The predicted octanol–water partition coefficient (Wildman–Crippen LogP) is 5.06. The lowest BCUT2D eigenvalue weighted by atomic mass is 10.1. The van der Waals surface area contributed by atoms with Crippen LogP contribution in [0.25, 0.3) is 0 Å². The Labute approximate surface area is 183 Å². The van der Waals surface area contributed by atoms with Gasteiger partial charge in [0, 0.05) is 28.9 Å². The van der Waals surface area contributed by atoms with Crippen LogP contribution in [0.4, 0.5) is 11.5 Å². The summed E-state index contributed by atoms with van der Waals surface area (Å²) < 4.78 is 3.20. The van der Waals surface area contributed by atoms with Crippen LogP contribution in [0.15, 0.2) is 76.9 Å². The quantitative estimate of drug-likeness (QED) is 0.427. The molecular weight excluding hydrogens is 418 g/mol. The highest BCUT2D eigenvalue weighted by molar-refractivity contribution is 7.98. The summed E-state index contributed by atoms with van der Waals surface area (Å²) in [5, 5.41) is 12.8. The summed E-state index contributed by atoms with van der Waals surface area (Å²) in [4.78, 5) is 13.3. The molecule has 2 heterocycles. The first-order valence-electron chi connectivity index (χ1n) is 9.37. The Balaban J connectivity index is 1.71. The van der Waals surface area contributed by atoms with E-state index in [9.17, 15) is 4.79 Å². The molecule has 0 radical (unpaired) electrons. The standard InChI is InChI=1S/C22H20ClN5OS/c1-15-8-7-11-19(16(15)2)24-20-21(29)28(27-12-5-6-13-27)22(26-25-20)30-14-17-9-3-4-10-18(17)23/h3-13H,14H2,1-2H3,(H,24,25). The van der Waals surface area contributed by atoms with E-state index in [0.717, 1.165) is 22.4 Å².